The number of ether oxygens (including phenoxy) is 1. The number of carbonyl (C=O) groups excluding carboxylic acids is 1. The van der Waals surface area contributed by atoms with Crippen LogP contribution in [0.5, 0.6) is 0 Å². The molecule has 0 aliphatic carbocycles. The van der Waals surface area contributed by atoms with Crippen molar-refractivity contribution in [3.63, 3.8) is 0 Å². The number of amides is 1. The molecule has 2 atom stereocenters. The highest BCUT2D eigenvalue weighted by atomic mass is 16.5. The Morgan fingerprint density at radius 2 is 2.05 bits per heavy atom. The summed E-state index contributed by atoms with van der Waals surface area (Å²) in [5, 5.41) is 3.24. The molecular weight excluding hydrogens is 276 g/mol. The van der Waals surface area contributed by atoms with Gasteiger partial charge in [-0.25, -0.2) is 0 Å². The maximum absolute atomic E-state index is 12.5. The molecule has 1 amide bonds. The lowest BCUT2D eigenvalue weighted by Gasteiger charge is -2.36. The third-order valence-electron chi connectivity index (χ3n) is 4.72. The summed E-state index contributed by atoms with van der Waals surface area (Å²) in [7, 11) is 0. The van der Waals surface area contributed by atoms with Crippen molar-refractivity contribution in [2.24, 2.45) is 5.92 Å². The Kier molecular flexibility index (Phi) is 4.39. The predicted octanol–water partition coefficient (Wildman–Crippen LogP) is 2.59. The van der Waals surface area contributed by atoms with Gasteiger partial charge in [-0.15, -0.1) is 0 Å². The van der Waals surface area contributed by atoms with Crippen LogP contribution in [0, 0.1) is 5.92 Å². The van der Waals surface area contributed by atoms with Crippen LogP contribution in [-0.4, -0.2) is 37.2 Å². The first-order chi connectivity index (χ1) is 10.5. The fraction of sp³-hybridized carbons (Fsp3) is 0.611. The second-order valence-electron chi connectivity index (χ2n) is 7.07. The van der Waals surface area contributed by atoms with Crippen molar-refractivity contribution in [3.8, 4) is 0 Å². The maximum Gasteiger partial charge on any atom is 0.225 e. The number of nitrogens with one attached hydrogen (secondary N) is 1. The molecule has 2 fully saturated rings. The first-order valence-electron chi connectivity index (χ1n) is 8.28. The van der Waals surface area contributed by atoms with Crippen LogP contribution >= 0.6 is 0 Å². The van der Waals surface area contributed by atoms with E-state index in [4.69, 9.17) is 4.74 Å². The minimum atomic E-state index is -0.123. The van der Waals surface area contributed by atoms with Crippen molar-refractivity contribution in [1.29, 1.82) is 0 Å². The van der Waals surface area contributed by atoms with Gasteiger partial charge in [0.15, 0.2) is 0 Å². The molecule has 120 valence electrons. The molecule has 1 aromatic rings. The minimum Gasteiger partial charge on any atom is -0.375 e. The number of hydrogen-bond acceptors (Lipinski definition) is 3. The van der Waals surface area contributed by atoms with E-state index in [2.05, 4.69) is 36.2 Å². The molecule has 4 heteroatoms. The van der Waals surface area contributed by atoms with Crippen molar-refractivity contribution >= 4 is 11.6 Å². The Morgan fingerprint density at radius 3 is 2.77 bits per heavy atom. The van der Waals surface area contributed by atoms with Crippen LogP contribution in [-0.2, 0) is 9.53 Å². The summed E-state index contributed by atoms with van der Waals surface area (Å²) in [6.45, 7) is 6.71. The Morgan fingerprint density at radius 1 is 1.27 bits per heavy atom. The van der Waals surface area contributed by atoms with Crippen molar-refractivity contribution < 1.29 is 9.53 Å². The summed E-state index contributed by atoms with van der Waals surface area (Å²) in [4.78, 5) is 14.8. The molecule has 0 radical (unpaired) electrons. The quantitative estimate of drug-likeness (QED) is 0.933. The standard InChI is InChI=1S/C18H26N2O2/c1-18(2)12-15(9-11-22-18)19-17(21)14-8-10-20(13-14)16-6-4-3-5-7-16/h3-7,14-15H,8-13H2,1-2H3,(H,19,21). The molecule has 2 aliphatic heterocycles. The van der Waals surface area contributed by atoms with Gasteiger partial charge in [0.05, 0.1) is 11.5 Å². The summed E-state index contributed by atoms with van der Waals surface area (Å²) in [6.07, 6.45) is 2.76. The van der Waals surface area contributed by atoms with Crippen molar-refractivity contribution in [1.82, 2.24) is 5.32 Å². The number of anilines is 1. The molecule has 2 saturated heterocycles. The Labute approximate surface area is 132 Å². The van der Waals surface area contributed by atoms with Crippen LogP contribution in [0.4, 0.5) is 5.69 Å². The normalized spacial score (nSPS) is 27.6. The monoisotopic (exact) mass is 302 g/mol. The van der Waals surface area contributed by atoms with E-state index < -0.39 is 0 Å². The highest BCUT2D eigenvalue weighted by Crippen LogP contribution is 2.26. The van der Waals surface area contributed by atoms with Crippen LogP contribution in [0.15, 0.2) is 30.3 Å². The Bertz CT molecular complexity index is 515. The van der Waals surface area contributed by atoms with Gasteiger partial charge in [0.25, 0.3) is 0 Å². The number of para-hydroxylation sites is 1. The predicted molar refractivity (Wildman–Crippen MR) is 88.0 cm³/mol. The third kappa shape index (κ3) is 3.61. The zero-order valence-electron chi connectivity index (χ0n) is 13.5. The van der Waals surface area contributed by atoms with Gasteiger partial charge in [0, 0.05) is 31.4 Å². The largest absolute Gasteiger partial charge is 0.375 e. The van der Waals surface area contributed by atoms with Gasteiger partial charge in [0.1, 0.15) is 0 Å². The Balaban J connectivity index is 1.53. The number of carbonyl (C=O) groups is 1. The summed E-state index contributed by atoms with van der Waals surface area (Å²) in [6, 6.07) is 10.6. The molecule has 0 aromatic heterocycles. The molecule has 1 N–H and O–H groups in total. The van der Waals surface area contributed by atoms with E-state index in [1.807, 2.05) is 18.2 Å². The first kappa shape index (κ1) is 15.3. The van der Waals surface area contributed by atoms with Crippen molar-refractivity contribution in [2.45, 2.75) is 44.8 Å². The molecule has 2 aliphatic rings. The van der Waals surface area contributed by atoms with E-state index in [0.717, 1.165) is 39.0 Å². The lowest BCUT2D eigenvalue weighted by Crippen LogP contribution is -2.47. The van der Waals surface area contributed by atoms with E-state index in [-0.39, 0.29) is 23.5 Å². The van der Waals surface area contributed by atoms with Gasteiger partial charge in [-0.1, -0.05) is 18.2 Å². The van der Waals surface area contributed by atoms with Gasteiger partial charge < -0.3 is 15.0 Å². The molecule has 4 nitrogen and oxygen atoms in total. The molecular formula is C18H26N2O2. The molecule has 2 unspecified atom stereocenters. The first-order valence-corrected chi connectivity index (χ1v) is 8.28. The van der Waals surface area contributed by atoms with Crippen LogP contribution in [0.25, 0.3) is 0 Å². The second-order valence-corrected chi connectivity index (χ2v) is 7.07. The zero-order valence-corrected chi connectivity index (χ0v) is 13.5. The van der Waals surface area contributed by atoms with Gasteiger partial charge in [-0.05, 0) is 45.2 Å². The van der Waals surface area contributed by atoms with Gasteiger partial charge in [-0.2, -0.15) is 0 Å². The molecule has 22 heavy (non-hydrogen) atoms. The lowest BCUT2D eigenvalue weighted by atomic mass is 9.93. The number of hydrogen-bond donors (Lipinski definition) is 1. The van der Waals surface area contributed by atoms with Gasteiger partial charge in [-0.3, -0.25) is 4.79 Å². The fourth-order valence-corrected chi connectivity index (χ4v) is 3.52. The smallest absolute Gasteiger partial charge is 0.225 e. The maximum atomic E-state index is 12.5. The highest BCUT2D eigenvalue weighted by molar-refractivity contribution is 5.80. The van der Waals surface area contributed by atoms with Crippen LogP contribution in [0.1, 0.15) is 33.1 Å². The van der Waals surface area contributed by atoms with Gasteiger partial charge in [0.2, 0.25) is 5.91 Å². The minimum absolute atomic E-state index is 0.103. The number of benzene rings is 1. The average molecular weight is 302 g/mol. The molecule has 0 saturated carbocycles. The van der Waals surface area contributed by atoms with E-state index in [9.17, 15) is 4.79 Å². The van der Waals surface area contributed by atoms with E-state index in [0.29, 0.717) is 0 Å². The molecule has 3 rings (SSSR count). The SMILES string of the molecule is CC1(C)CC(NC(=O)C2CCN(c3ccccc3)C2)CCO1. The van der Waals surface area contributed by atoms with Crippen molar-refractivity contribution in [2.75, 3.05) is 24.6 Å². The van der Waals surface area contributed by atoms with Crippen LogP contribution in [0.2, 0.25) is 0 Å². The van der Waals surface area contributed by atoms with Gasteiger partial charge >= 0.3 is 0 Å². The lowest BCUT2D eigenvalue weighted by molar-refractivity contribution is -0.127. The second kappa shape index (κ2) is 6.29. The summed E-state index contributed by atoms with van der Waals surface area (Å²) < 4.78 is 5.72. The topological polar surface area (TPSA) is 41.6 Å². The zero-order chi connectivity index (χ0) is 15.6. The number of rotatable bonds is 3. The van der Waals surface area contributed by atoms with E-state index >= 15 is 0 Å². The summed E-state index contributed by atoms with van der Waals surface area (Å²) in [5.41, 5.74) is 1.09. The summed E-state index contributed by atoms with van der Waals surface area (Å²) >= 11 is 0. The van der Waals surface area contributed by atoms with Crippen LogP contribution < -0.4 is 10.2 Å². The molecule has 2 heterocycles. The molecule has 1 aromatic carbocycles. The summed E-state index contributed by atoms with van der Waals surface area (Å²) in [5.74, 6) is 0.312. The fourth-order valence-electron chi connectivity index (χ4n) is 3.52. The number of nitrogens with zero attached hydrogens (tertiary/aromatic N) is 1. The van der Waals surface area contributed by atoms with E-state index in [1.54, 1.807) is 0 Å². The van der Waals surface area contributed by atoms with E-state index in [1.165, 1.54) is 5.69 Å². The third-order valence-corrected chi connectivity index (χ3v) is 4.72. The molecule has 0 spiro atoms. The molecule has 0 bridgehead atoms. The van der Waals surface area contributed by atoms with Crippen molar-refractivity contribution in [3.05, 3.63) is 30.3 Å². The highest BCUT2D eigenvalue weighted by Gasteiger charge is 2.33. The Hall–Kier alpha value is -1.55. The average Bonchev–Trinajstić information content (AvgIpc) is 2.97. The van der Waals surface area contributed by atoms with Crippen LogP contribution in [0.3, 0.4) is 0 Å².